The lowest BCUT2D eigenvalue weighted by Crippen LogP contribution is -2.09. The molecule has 0 saturated heterocycles. The standard InChI is InChI=1S/C15H18O.C2H6/c1-2-5-15(16)11-12-8-9-13-6-3-4-7-14(13)10-12;1-2/h3-4,6-10,15-16H,2,5,11H2,1H3;1-2H3. The zero-order valence-corrected chi connectivity index (χ0v) is 11.7. The maximum atomic E-state index is 9.77. The van der Waals surface area contributed by atoms with Gasteiger partial charge >= 0.3 is 0 Å². The van der Waals surface area contributed by atoms with E-state index in [1.54, 1.807) is 0 Å². The normalized spacial score (nSPS) is 11.8. The molecule has 0 spiro atoms. The molecular formula is C17H24O. The van der Waals surface area contributed by atoms with Gasteiger partial charge in [-0.15, -0.1) is 0 Å². The van der Waals surface area contributed by atoms with E-state index in [9.17, 15) is 5.11 Å². The van der Waals surface area contributed by atoms with Crippen LogP contribution in [0, 0.1) is 0 Å². The Morgan fingerprint density at radius 2 is 1.67 bits per heavy atom. The van der Waals surface area contributed by atoms with E-state index in [0.29, 0.717) is 0 Å². The Bertz CT molecular complexity index is 462. The summed E-state index contributed by atoms with van der Waals surface area (Å²) in [7, 11) is 0. The van der Waals surface area contributed by atoms with E-state index < -0.39 is 0 Å². The lowest BCUT2D eigenvalue weighted by Gasteiger charge is -2.09. The second-order valence-corrected chi connectivity index (χ2v) is 4.33. The molecule has 2 aromatic carbocycles. The molecular weight excluding hydrogens is 220 g/mol. The Kier molecular flexibility index (Phi) is 6.45. The van der Waals surface area contributed by atoms with Gasteiger partial charge in [-0.1, -0.05) is 69.7 Å². The maximum Gasteiger partial charge on any atom is 0.0580 e. The quantitative estimate of drug-likeness (QED) is 0.835. The first-order valence-electron chi connectivity index (χ1n) is 6.95. The van der Waals surface area contributed by atoms with Crippen molar-refractivity contribution >= 4 is 10.8 Å². The summed E-state index contributed by atoms with van der Waals surface area (Å²) in [6.07, 6.45) is 2.48. The first-order chi connectivity index (χ1) is 8.79. The van der Waals surface area contributed by atoms with Gasteiger partial charge in [0.25, 0.3) is 0 Å². The van der Waals surface area contributed by atoms with Crippen molar-refractivity contribution in [2.24, 2.45) is 0 Å². The predicted molar refractivity (Wildman–Crippen MR) is 79.9 cm³/mol. The van der Waals surface area contributed by atoms with Crippen molar-refractivity contribution in [1.29, 1.82) is 0 Å². The Labute approximate surface area is 110 Å². The molecule has 2 rings (SSSR count). The Balaban J connectivity index is 0.000000771. The Morgan fingerprint density at radius 1 is 1.00 bits per heavy atom. The van der Waals surface area contributed by atoms with Crippen molar-refractivity contribution in [2.45, 2.75) is 46.1 Å². The highest BCUT2D eigenvalue weighted by molar-refractivity contribution is 5.82. The molecule has 0 aliphatic carbocycles. The summed E-state index contributed by atoms with van der Waals surface area (Å²) in [5.74, 6) is 0. The number of fused-ring (bicyclic) bond motifs is 1. The molecule has 0 saturated carbocycles. The van der Waals surface area contributed by atoms with Gasteiger partial charge in [0, 0.05) is 0 Å². The zero-order chi connectivity index (χ0) is 13.4. The molecule has 0 heterocycles. The van der Waals surface area contributed by atoms with Crippen LogP contribution in [0.1, 0.15) is 39.2 Å². The van der Waals surface area contributed by atoms with Crippen LogP contribution in [0.3, 0.4) is 0 Å². The molecule has 0 fully saturated rings. The molecule has 1 N–H and O–H groups in total. The second-order valence-electron chi connectivity index (χ2n) is 4.33. The molecule has 1 heteroatoms. The van der Waals surface area contributed by atoms with Gasteiger partial charge < -0.3 is 5.11 Å². The van der Waals surface area contributed by atoms with Gasteiger partial charge in [0.2, 0.25) is 0 Å². The average molecular weight is 244 g/mol. The van der Waals surface area contributed by atoms with Crippen LogP contribution in [0.2, 0.25) is 0 Å². The van der Waals surface area contributed by atoms with Gasteiger partial charge in [0.15, 0.2) is 0 Å². The van der Waals surface area contributed by atoms with E-state index in [1.807, 2.05) is 19.9 Å². The molecule has 98 valence electrons. The number of rotatable bonds is 4. The van der Waals surface area contributed by atoms with Crippen LogP contribution in [-0.2, 0) is 6.42 Å². The van der Waals surface area contributed by atoms with Crippen LogP contribution < -0.4 is 0 Å². The summed E-state index contributed by atoms with van der Waals surface area (Å²) in [5.41, 5.74) is 1.22. The highest BCUT2D eigenvalue weighted by atomic mass is 16.3. The highest BCUT2D eigenvalue weighted by Crippen LogP contribution is 2.17. The summed E-state index contributed by atoms with van der Waals surface area (Å²) in [4.78, 5) is 0. The van der Waals surface area contributed by atoms with Gasteiger partial charge in [0.05, 0.1) is 6.10 Å². The topological polar surface area (TPSA) is 20.2 Å². The SMILES string of the molecule is CC.CCCC(O)Cc1ccc2ccccc2c1. The van der Waals surface area contributed by atoms with Crippen molar-refractivity contribution < 1.29 is 5.11 Å². The minimum atomic E-state index is -0.203. The predicted octanol–water partition coefficient (Wildman–Crippen LogP) is 4.57. The molecule has 0 aromatic heterocycles. The van der Waals surface area contributed by atoms with Gasteiger partial charge in [-0.3, -0.25) is 0 Å². The fraction of sp³-hybridized carbons (Fsp3) is 0.412. The lowest BCUT2D eigenvalue weighted by atomic mass is 10.0. The highest BCUT2D eigenvalue weighted by Gasteiger charge is 2.04. The van der Waals surface area contributed by atoms with E-state index in [1.165, 1.54) is 16.3 Å². The summed E-state index contributed by atoms with van der Waals surface area (Å²) >= 11 is 0. The van der Waals surface area contributed by atoms with Gasteiger partial charge in [-0.25, -0.2) is 0 Å². The fourth-order valence-electron chi connectivity index (χ4n) is 2.07. The molecule has 0 amide bonds. The summed E-state index contributed by atoms with van der Waals surface area (Å²) in [5, 5.41) is 12.3. The molecule has 0 radical (unpaired) electrons. The third-order valence-electron chi connectivity index (χ3n) is 2.91. The van der Waals surface area contributed by atoms with Crippen molar-refractivity contribution in [3.8, 4) is 0 Å². The molecule has 1 nitrogen and oxygen atoms in total. The third kappa shape index (κ3) is 4.15. The van der Waals surface area contributed by atoms with Crippen LogP contribution in [0.15, 0.2) is 42.5 Å². The van der Waals surface area contributed by atoms with Crippen LogP contribution >= 0.6 is 0 Å². The summed E-state index contributed by atoms with van der Waals surface area (Å²) in [6, 6.07) is 14.7. The third-order valence-corrected chi connectivity index (χ3v) is 2.91. The molecule has 1 unspecified atom stereocenters. The van der Waals surface area contributed by atoms with E-state index in [-0.39, 0.29) is 6.10 Å². The molecule has 18 heavy (non-hydrogen) atoms. The van der Waals surface area contributed by atoms with E-state index in [4.69, 9.17) is 0 Å². The van der Waals surface area contributed by atoms with E-state index in [0.717, 1.165) is 19.3 Å². The first-order valence-corrected chi connectivity index (χ1v) is 6.95. The minimum Gasteiger partial charge on any atom is -0.393 e. The van der Waals surface area contributed by atoms with Crippen LogP contribution in [-0.4, -0.2) is 11.2 Å². The Morgan fingerprint density at radius 3 is 2.33 bits per heavy atom. The maximum absolute atomic E-state index is 9.77. The molecule has 0 bridgehead atoms. The largest absolute Gasteiger partial charge is 0.393 e. The van der Waals surface area contributed by atoms with Crippen LogP contribution in [0.25, 0.3) is 10.8 Å². The second kappa shape index (κ2) is 7.88. The number of benzene rings is 2. The number of hydrogen-bond donors (Lipinski definition) is 1. The van der Waals surface area contributed by atoms with Crippen molar-refractivity contribution in [3.63, 3.8) is 0 Å². The van der Waals surface area contributed by atoms with E-state index >= 15 is 0 Å². The van der Waals surface area contributed by atoms with Crippen molar-refractivity contribution in [3.05, 3.63) is 48.0 Å². The van der Waals surface area contributed by atoms with Crippen LogP contribution in [0.4, 0.5) is 0 Å². The summed E-state index contributed by atoms with van der Waals surface area (Å²) in [6.45, 7) is 6.10. The number of hydrogen-bond acceptors (Lipinski definition) is 1. The summed E-state index contributed by atoms with van der Waals surface area (Å²) < 4.78 is 0. The Hall–Kier alpha value is -1.34. The van der Waals surface area contributed by atoms with Crippen molar-refractivity contribution in [2.75, 3.05) is 0 Å². The van der Waals surface area contributed by atoms with Gasteiger partial charge in [0.1, 0.15) is 0 Å². The average Bonchev–Trinajstić information content (AvgIpc) is 2.41. The number of aliphatic hydroxyl groups is 1. The molecule has 0 aliphatic heterocycles. The van der Waals surface area contributed by atoms with E-state index in [2.05, 4.69) is 43.3 Å². The number of aliphatic hydroxyl groups excluding tert-OH is 1. The van der Waals surface area contributed by atoms with Crippen molar-refractivity contribution in [1.82, 2.24) is 0 Å². The molecule has 2 aromatic rings. The monoisotopic (exact) mass is 244 g/mol. The minimum absolute atomic E-state index is 0.203. The van der Waals surface area contributed by atoms with Crippen LogP contribution in [0.5, 0.6) is 0 Å². The van der Waals surface area contributed by atoms with Gasteiger partial charge in [-0.2, -0.15) is 0 Å². The fourth-order valence-corrected chi connectivity index (χ4v) is 2.07. The smallest absolute Gasteiger partial charge is 0.0580 e. The lowest BCUT2D eigenvalue weighted by molar-refractivity contribution is 0.164. The first kappa shape index (κ1) is 14.7. The van der Waals surface area contributed by atoms with Gasteiger partial charge in [-0.05, 0) is 29.2 Å². The molecule has 1 atom stereocenters. The molecule has 0 aliphatic rings. The zero-order valence-electron chi connectivity index (χ0n) is 11.7.